The van der Waals surface area contributed by atoms with Crippen LogP contribution in [-0.2, 0) is 0 Å². The molecular formula is C12H17F2N3. The number of nitrogens with one attached hydrogen (secondary N) is 2. The summed E-state index contributed by atoms with van der Waals surface area (Å²) in [5, 5.41) is 5.66. The molecule has 1 heterocycles. The topological polar surface area (TPSA) is 37.0 Å². The van der Waals surface area contributed by atoms with Crippen LogP contribution in [0.3, 0.4) is 0 Å². The quantitative estimate of drug-likeness (QED) is 0.850. The zero-order chi connectivity index (χ0) is 12.6. The highest BCUT2D eigenvalue weighted by atomic mass is 19.1. The minimum absolute atomic E-state index is 0.0560. The van der Waals surface area contributed by atoms with E-state index in [0.29, 0.717) is 5.92 Å². The molecule has 2 rings (SSSR count). The second-order valence-corrected chi connectivity index (χ2v) is 5.02. The lowest BCUT2D eigenvalue weighted by atomic mass is 9.99. The summed E-state index contributed by atoms with van der Waals surface area (Å²) in [5.74, 6) is -0.644. The Hall–Kier alpha value is -1.39. The Kier molecular flexibility index (Phi) is 2.93. The number of hydrogen-bond donors (Lipinski definition) is 2. The maximum absolute atomic E-state index is 13.6. The van der Waals surface area contributed by atoms with Crippen molar-refractivity contribution < 1.29 is 8.78 Å². The summed E-state index contributed by atoms with van der Waals surface area (Å²) in [6.45, 7) is 4.02. The molecule has 0 atom stereocenters. The summed E-state index contributed by atoms with van der Waals surface area (Å²) in [5.41, 5.74) is -0.212. The summed E-state index contributed by atoms with van der Waals surface area (Å²) in [6.07, 6.45) is 2.28. The molecule has 0 amide bonds. The van der Waals surface area contributed by atoms with Gasteiger partial charge in [-0.25, -0.2) is 13.8 Å². The molecule has 0 unspecified atom stereocenters. The van der Waals surface area contributed by atoms with Gasteiger partial charge in [-0.2, -0.15) is 0 Å². The molecule has 5 heteroatoms. The Bertz CT molecular complexity index is 428. The maximum atomic E-state index is 13.6. The zero-order valence-corrected chi connectivity index (χ0v) is 10.3. The van der Waals surface area contributed by atoms with E-state index in [9.17, 15) is 8.78 Å². The monoisotopic (exact) mass is 241 g/mol. The zero-order valence-electron chi connectivity index (χ0n) is 10.3. The van der Waals surface area contributed by atoms with Crippen molar-refractivity contribution >= 4 is 11.6 Å². The number of aromatic nitrogens is 1. The van der Waals surface area contributed by atoms with Gasteiger partial charge in [0, 0.05) is 18.7 Å². The molecule has 3 nitrogen and oxygen atoms in total. The number of hydrogen-bond acceptors (Lipinski definition) is 3. The maximum Gasteiger partial charge on any atom is 0.168 e. The molecule has 17 heavy (non-hydrogen) atoms. The van der Waals surface area contributed by atoms with Crippen LogP contribution in [0, 0.1) is 17.6 Å². The minimum Gasteiger partial charge on any atom is -0.371 e. The highest BCUT2D eigenvalue weighted by Crippen LogP contribution is 2.41. The summed E-state index contributed by atoms with van der Waals surface area (Å²) < 4.78 is 26.8. The molecule has 0 aliphatic heterocycles. The molecule has 0 radical (unpaired) electrons. The van der Waals surface area contributed by atoms with E-state index >= 15 is 0 Å². The van der Waals surface area contributed by atoms with Crippen LogP contribution >= 0.6 is 0 Å². The van der Waals surface area contributed by atoms with Crippen LogP contribution in [0.15, 0.2) is 6.07 Å². The summed E-state index contributed by atoms with van der Waals surface area (Å²) >= 11 is 0. The van der Waals surface area contributed by atoms with Crippen molar-refractivity contribution in [1.29, 1.82) is 0 Å². The first-order chi connectivity index (χ1) is 7.94. The fourth-order valence-electron chi connectivity index (χ4n) is 1.94. The number of nitrogens with zero attached hydrogens (tertiary/aromatic N) is 1. The Morgan fingerprint density at radius 3 is 2.35 bits per heavy atom. The highest BCUT2D eigenvalue weighted by molar-refractivity contribution is 5.48. The molecule has 1 saturated carbocycles. The van der Waals surface area contributed by atoms with Crippen LogP contribution < -0.4 is 10.6 Å². The van der Waals surface area contributed by atoms with Gasteiger partial charge in [0.05, 0.1) is 0 Å². The van der Waals surface area contributed by atoms with Crippen molar-refractivity contribution in [1.82, 2.24) is 4.98 Å². The van der Waals surface area contributed by atoms with Gasteiger partial charge in [0.2, 0.25) is 0 Å². The van der Waals surface area contributed by atoms with E-state index in [-0.39, 0.29) is 17.2 Å². The Labute approximate surface area is 99.6 Å². The Morgan fingerprint density at radius 1 is 1.24 bits per heavy atom. The average molecular weight is 241 g/mol. The third kappa shape index (κ3) is 2.48. The van der Waals surface area contributed by atoms with Crippen LogP contribution in [0.2, 0.25) is 0 Å². The van der Waals surface area contributed by atoms with Crippen molar-refractivity contribution in [2.75, 3.05) is 17.7 Å². The fraction of sp³-hybridized carbons (Fsp3) is 0.583. The van der Waals surface area contributed by atoms with E-state index in [1.165, 1.54) is 0 Å². The first-order valence-corrected chi connectivity index (χ1v) is 5.76. The van der Waals surface area contributed by atoms with Crippen LogP contribution in [0.1, 0.15) is 26.7 Å². The van der Waals surface area contributed by atoms with Crippen LogP contribution in [0.25, 0.3) is 0 Å². The van der Waals surface area contributed by atoms with Gasteiger partial charge in [0.25, 0.3) is 0 Å². The van der Waals surface area contributed by atoms with Crippen molar-refractivity contribution in [3.05, 3.63) is 17.7 Å². The molecule has 0 bridgehead atoms. The third-order valence-electron chi connectivity index (χ3n) is 3.20. The molecular weight excluding hydrogens is 224 g/mol. The Balaban J connectivity index is 2.25. The summed E-state index contributed by atoms with van der Waals surface area (Å²) in [4.78, 5) is 3.91. The van der Waals surface area contributed by atoms with Gasteiger partial charge in [-0.1, -0.05) is 0 Å². The van der Waals surface area contributed by atoms with Crippen molar-refractivity contribution in [3.8, 4) is 0 Å². The van der Waals surface area contributed by atoms with Crippen LogP contribution in [0.4, 0.5) is 20.4 Å². The predicted octanol–water partition coefficient (Wildman–Crippen LogP) is 3.00. The van der Waals surface area contributed by atoms with Gasteiger partial charge in [0.1, 0.15) is 0 Å². The number of halogens is 2. The standard InChI is InChI=1S/C12H17F2N3/c1-12(2,7-4-5-7)17-11-9(14)6-8(13)10(15-3)16-11/h6-7H,4-5H2,1-3H3,(H2,15,16,17). The molecule has 94 valence electrons. The lowest BCUT2D eigenvalue weighted by molar-refractivity contribution is 0.484. The molecule has 1 aromatic heterocycles. The van der Waals surface area contributed by atoms with Crippen LogP contribution in [0.5, 0.6) is 0 Å². The molecule has 1 aliphatic carbocycles. The molecule has 0 saturated heterocycles. The van der Waals surface area contributed by atoms with Crippen molar-refractivity contribution in [2.45, 2.75) is 32.2 Å². The number of rotatable bonds is 4. The fourth-order valence-corrected chi connectivity index (χ4v) is 1.94. The van der Waals surface area contributed by atoms with E-state index in [1.807, 2.05) is 13.8 Å². The average Bonchev–Trinajstić information content (AvgIpc) is 3.05. The number of anilines is 2. The SMILES string of the molecule is CNc1nc(NC(C)(C)C2CC2)c(F)cc1F. The molecule has 1 aromatic rings. The van der Waals surface area contributed by atoms with E-state index in [0.717, 1.165) is 18.9 Å². The van der Waals surface area contributed by atoms with Gasteiger partial charge in [0.15, 0.2) is 23.3 Å². The molecule has 0 aromatic carbocycles. The minimum atomic E-state index is -0.681. The van der Waals surface area contributed by atoms with Gasteiger partial charge < -0.3 is 10.6 Å². The molecule has 2 N–H and O–H groups in total. The van der Waals surface area contributed by atoms with Gasteiger partial charge in [-0.3, -0.25) is 0 Å². The second kappa shape index (κ2) is 4.13. The largest absolute Gasteiger partial charge is 0.371 e. The molecule has 1 fully saturated rings. The third-order valence-corrected chi connectivity index (χ3v) is 3.20. The lowest BCUT2D eigenvalue weighted by Gasteiger charge is -2.27. The van der Waals surface area contributed by atoms with E-state index in [2.05, 4.69) is 15.6 Å². The first-order valence-electron chi connectivity index (χ1n) is 5.76. The normalized spacial score (nSPS) is 15.8. The van der Waals surface area contributed by atoms with Crippen molar-refractivity contribution in [2.24, 2.45) is 5.92 Å². The summed E-state index contributed by atoms with van der Waals surface area (Å²) in [7, 11) is 1.55. The van der Waals surface area contributed by atoms with Gasteiger partial charge in [-0.05, 0) is 32.6 Å². The van der Waals surface area contributed by atoms with Crippen LogP contribution in [-0.4, -0.2) is 17.6 Å². The van der Waals surface area contributed by atoms with Gasteiger partial charge >= 0.3 is 0 Å². The lowest BCUT2D eigenvalue weighted by Crippen LogP contribution is -2.34. The summed E-state index contributed by atoms with van der Waals surface area (Å²) in [6, 6.07) is 0.851. The predicted molar refractivity (Wildman–Crippen MR) is 64.1 cm³/mol. The van der Waals surface area contributed by atoms with E-state index in [1.54, 1.807) is 7.05 Å². The van der Waals surface area contributed by atoms with E-state index in [4.69, 9.17) is 0 Å². The first kappa shape index (κ1) is 12.1. The van der Waals surface area contributed by atoms with Gasteiger partial charge in [-0.15, -0.1) is 0 Å². The smallest absolute Gasteiger partial charge is 0.168 e. The second-order valence-electron chi connectivity index (χ2n) is 5.02. The number of pyridine rings is 1. The highest BCUT2D eigenvalue weighted by Gasteiger charge is 2.38. The van der Waals surface area contributed by atoms with Crippen molar-refractivity contribution in [3.63, 3.8) is 0 Å². The molecule has 1 aliphatic rings. The molecule has 0 spiro atoms. The van der Waals surface area contributed by atoms with E-state index < -0.39 is 11.6 Å². The Morgan fingerprint density at radius 2 is 1.82 bits per heavy atom.